The second-order valence-corrected chi connectivity index (χ2v) is 6.73. The minimum absolute atomic E-state index is 0.113. The highest BCUT2D eigenvalue weighted by molar-refractivity contribution is 8.00. The molecule has 3 rings (SSSR count). The third kappa shape index (κ3) is 3.51. The van der Waals surface area contributed by atoms with Crippen molar-refractivity contribution in [3.63, 3.8) is 0 Å². The minimum Gasteiger partial charge on any atom is -0.340 e. The summed E-state index contributed by atoms with van der Waals surface area (Å²) >= 11 is 1.61. The Morgan fingerprint density at radius 3 is 2.32 bits per heavy atom. The first-order valence-corrected chi connectivity index (χ1v) is 8.43. The van der Waals surface area contributed by atoms with Crippen LogP contribution >= 0.6 is 11.8 Å². The van der Waals surface area contributed by atoms with E-state index in [2.05, 4.69) is 0 Å². The molecule has 4 heteroatoms. The van der Waals surface area contributed by atoms with Gasteiger partial charge < -0.3 is 10.6 Å². The van der Waals surface area contributed by atoms with Gasteiger partial charge >= 0.3 is 0 Å². The molecular weight excluding hydrogens is 292 g/mol. The molecular formula is C18H20N2OS. The number of hydrogen-bond donors (Lipinski definition) is 1. The van der Waals surface area contributed by atoms with Crippen molar-refractivity contribution in [3.05, 3.63) is 66.2 Å². The van der Waals surface area contributed by atoms with Crippen molar-refractivity contribution in [1.82, 2.24) is 4.90 Å². The number of nitrogens with zero attached hydrogens (tertiary/aromatic N) is 1. The van der Waals surface area contributed by atoms with E-state index in [4.69, 9.17) is 5.73 Å². The van der Waals surface area contributed by atoms with E-state index in [-0.39, 0.29) is 17.2 Å². The van der Waals surface area contributed by atoms with Crippen LogP contribution in [0.1, 0.15) is 17.2 Å². The summed E-state index contributed by atoms with van der Waals surface area (Å²) in [5, 5.41) is -0.214. The van der Waals surface area contributed by atoms with Crippen LogP contribution in [-0.4, -0.2) is 29.9 Å². The maximum Gasteiger partial charge on any atom is 0.240 e. The molecule has 114 valence electrons. The minimum atomic E-state index is -0.214. The van der Waals surface area contributed by atoms with E-state index in [0.717, 1.165) is 23.4 Å². The third-order valence-electron chi connectivity index (χ3n) is 3.86. The maximum atomic E-state index is 12.9. The molecule has 1 unspecified atom stereocenters. The average Bonchev–Trinajstić information content (AvgIpc) is 3.00. The summed E-state index contributed by atoms with van der Waals surface area (Å²) < 4.78 is 0. The highest BCUT2D eigenvalue weighted by Crippen LogP contribution is 2.37. The maximum absolute atomic E-state index is 12.9. The first-order chi connectivity index (χ1) is 10.7. The van der Waals surface area contributed by atoms with E-state index in [1.165, 1.54) is 0 Å². The molecule has 0 radical (unpaired) electrons. The van der Waals surface area contributed by atoms with E-state index in [0.29, 0.717) is 6.54 Å². The lowest BCUT2D eigenvalue weighted by Gasteiger charge is -2.23. The molecule has 1 saturated heterocycles. The molecule has 2 aromatic carbocycles. The number of nitrogens with two attached hydrogens (primary N) is 1. The van der Waals surface area contributed by atoms with Crippen LogP contribution in [0.25, 0.3) is 0 Å². The van der Waals surface area contributed by atoms with Gasteiger partial charge in [0, 0.05) is 24.0 Å². The number of benzene rings is 2. The Labute approximate surface area is 135 Å². The van der Waals surface area contributed by atoms with Crippen molar-refractivity contribution in [2.75, 3.05) is 13.1 Å². The van der Waals surface area contributed by atoms with E-state index in [1.54, 1.807) is 11.8 Å². The van der Waals surface area contributed by atoms with Gasteiger partial charge in [-0.15, -0.1) is 11.8 Å². The number of thioether (sulfide) groups is 1. The quantitative estimate of drug-likeness (QED) is 0.883. The van der Waals surface area contributed by atoms with E-state index in [9.17, 15) is 4.79 Å². The summed E-state index contributed by atoms with van der Waals surface area (Å²) in [6.07, 6.45) is 0.892. The Morgan fingerprint density at radius 2 is 1.73 bits per heavy atom. The van der Waals surface area contributed by atoms with Gasteiger partial charge in [0.1, 0.15) is 5.25 Å². The Morgan fingerprint density at radius 1 is 1.09 bits per heavy atom. The highest BCUT2D eigenvalue weighted by atomic mass is 32.2. The summed E-state index contributed by atoms with van der Waals surface area (Å²) in [7, 11) is 0. The molecule has 0 aromatic heterocycles. The molecule has 2 aromatic rings. The van der Waals surface area contributed by atoms with Crippen molar-refractivity contribution in [3.8, 4) is 0 Å². The molecule has 1 amide bonds. The van der Waals surface area contributed by atoms with Gasteiger partial charge in [0.15, 0.2) is 0 Å². The van der Waals surface area contributed by atoms with Crippen molar-refractivity contribution in [1.29, 1.82) is 0 Å². The fourth-order valence-electron chi connectivity index (χ4n) is 2.68. The van der Waals surface area contributed by atoms with Crippen LogP contribution in [0.2, 0.25) is 0 Å². The van der Waals surface area contributed by atoms with Crippen LogP contribution in [0.5, 0.6) is 0 Å². The molecule has 1 fully saturated rings. The van der Waals surface area contributed by atoms with Crippen molar-refractivity contribution in [2.24, 2.45) is 5.73 Å². The molecule has 0 bridgehead atoms. The van der Waals surface area contributed by atoms with Gasteiger partial charge in [-0.25, -0.2) is 0 Å². The van der Waals surface area contributed by atoms with E-state index in [1.807, 2.05) is 65.6 Å². The topological polar surface area (TPSA) is 46.3 Å². The number of carbonyl (C=O) groups excluding carboxylic acids is 1. The predicted octanol–water partition coefficient (Wildman–Crippen LogP) is 3.08. The number of likely N-dealkylation sites (tertiary alicyclic amines) is 1. The standard InChI is InChI=1S/C18H20N2OS/c19-15-11-12-20(13-15)18(21)17(14-7-3-1-4-8-14)22-16-9-5-2-6-10-16/h1-10,15,17H,11-13,19H2/t15-,17?/m1/s1. The summed E-state index contributed by atoms with van der Waals surface area (Å²) in [6.45, 7) is 1.43. The number of amides is 1. The molecule has 3 nitrogen and oxygen atoms in total. The smallest absolute Gasteiger partial charge is 0.240 e. The number of hydrogen-bond acceptors (Lipinski definition) is 3. The van der Waals surface area contributed by atoms with Gasteiger partial charge in [0.2, 0.25) is 5.91 Å². The highest BCUT2D eigenvalue weighted by Gasteiger charge is 2.31. The number of carbonyl (C=O) groups is 1. The van der Waals surface area contributed by atoms with Crippen molar-refractivity contribution >= 4 is 17.7 Å². The van der Waals surface area contributed by atoms with Crippen LogP contribution in [0.3, 0.4) is 0 Å². The Kier molecular flexibility index (Phi) is 4.80. The lowest BCUT2D eigenvalue weighted by Crippen LogP contribution is -2.34. The normalized spacial score (nSPS) is 19.1. The van der Waals surface area contributed by atoms with Crippen molar-refractivity contribution < 1.29 is 4.79 Å². The van der Waals surface area contributed by atoms with Gasteiger partial charge in [-0.05, 0) is 24.1 Å². The summed E-state index contributed by atoms with van der Waals surface area (Å²) in [5.41, 5.74) is 7.00. The van der Waals surface area contributed by atoms with Crippen LogP contribution in [0, 0.1) is 0 Å². The number of rotatable bonds is 4. The molecule has 0 spiro atoms. The second-order valence-electron chi connectivity index (χ2n) is 5.55. The fourth-order valence-corrected chi connectivity index (χ4v) is 3.81. The largest absolute Gasteiger partial charge is 0.340 e. The molecule has 2 N–H and O–H groups in total. The van der Waals surface area contributed by atoms with Crippen LogP contribution in [0.4, 0.5) is 0 Å². The van der Waals surface area contributed by atoms with Gasteiger partial charge in [0.05, 0.1) is 0 Å². The third-order valence-corrected chi connectivity index (χ3v) is 5.11. The molecule has 22 heavy (non-hydrogen) atoms. The monoisotopic (exact) mass is 312 g/mol. The van der Waals surface area contributed by atoms with Crippen LogP contribution in [0.15, 0.2) is 65.6 Å². The zero-order valence-corrected chi connectivity index (χ0v) is 13.2. The zero-order valence-electron chi connectivity index (χ0n) is 12.4. The molecule has 1 aliphatic rings. The van der Waals surface area contributed by atoms with Gasteiger partial charge in [-0.2, -0.15) is 0 Å². The Balaban J connectivity index is 1.84. The molecule has 1 aliphatic heterocycles. The molecule has 1 heterocycles. The first-order valence-electron chi connectivity index (χ1n) is 7.55. The average molecular weight is 312 g/mol. The second kappa shape index (κ2) is 6.99. The van der Waals surface area contributed by atoms with Crippen molar-refractivity contribution in [2.45, 2.75) is 22.6 Å². The SMILES string of the molecule is N[C@@H]1CCN(C(=O)C(Sc2ccccc2)c2ccccc2)C1. The lowest BCUT2D eigenvalue weighted by molar-refractivity contribution is -0.129. The van der Waals surface area contributed by atoms with Crippen LogP contribution < -0.4 is 5.73 Å². The lowest BCUT2D eigenvalue weighted by atomic mass is 10.1. The molecule has 0 aliphatic carbocycles. The Bertz CT molecular complexity index is 617. The van der Waals surface area contributed by atoms with Gasteiger partial charge in [-0.3, -0.25) is 4.79 Å². The first kappa shape index (κ1) is 15.1. The zero-order chi connectivity index (χ0) is 15.4. The summed E-state index contributed by atoms with van der Waals surface area (Å²) in [6, 6.07) is 20.2. The van der Waals surface area contributed by atoms with Crippen LogP contribution in [-0.2, 0) is 4.79 Å². The van der Waals surface area contributed by atoms with E-state index >= 15 is 0 Å². The molecule has 2 atom stereocenters. The summed E-state index contributed by atoms with van der Waals surface area (Å²) in [4.78, 5) is 16.0. The fraction of sp³-hybridized carbons (Fsp3) is 0.278. The molecule has 0 saturated carbocycles. The van der Waals surface area contributed by atoms with Gasteiger partial charge in [-0.1, -0.05) is 48.5 Å². The predicted molar refractivity (Wildman–Crippen MR) is 90.7 cm³/mol. The van der Waals surface area contributed by atoms with E-state index < -0.39 is 0 Å². The Hall–Kier alpha value is -1.78. The summed E-state index contributed by atoms with van der Waals surface area (Å²) in [5.74, 6) is 0.160. The van der Waals surface area contributed by atoms with Gasteiger partial charge in [0.25, 0.3) is 0 Å².